The molecule has 0 saturated heterocycles. The predicted molar refractivity (Wildman–Crippen MR) is 80.7 cm³/mol. The van der Waals surface area contributed by atoms with Crippen LogP contribution in [0.5, 0.6) is 0 Å². The van der Waals surface area contributed by atoms with Crippen LogP contribution in [0.4, 0.5) is 0 Å². The van der Waals surface area contributed by atoms with E-state index in [0.29, 0.717) is 0 Å². The average Bonchev–Trinajstić information content (AvgIpc) is 2.61. The van der Waals surface area contributed by atoms with E-state index in [-0.39, 0.29) is 0 Å². The third kappa shape index (κ3) is 6.69. The van der Waals surface area contributed by atoms with E-state index in [0.717, 1.165) is 15.1 Å². The van der Waals surface area contributed by atoms with Crippen LogP contribution in [0.25, 0.3) is 0 Å². The van der Waals surface area contributed by atoms with E-state index in [4.69, 9.17) is 23.2 Å². The molecular formula is C14H22Cl2S. The molecule has 1 aromatic rings. The van der Waals surface area contributed by atoms with Crippen molar-refractivity contribution in [2.24, 2.45) is 0 Å². The van der Waals surface area contributed by atoms with Gasteiger partial charge in [-0.05, 0) is 24.5 Å². The number of thiophene rings is 1. The molecule has 1 rings (SSSR count). The quantitative estimate of drug-likeness (QED) is 0.442. The van der Waals surface area contributed by atoms with E-state index in [1.54, 1.807) is 0 Å². The van der Waals surface area contributed by atoms with Crippen LogP contribution in [0.3, 0.4) is 0 Å². The maximum absolute atomic E-state index is 6.08. The summed E-state index contributed by atoms with van der Waals surface area (Å²) in [7, 11) is 0. The summed E-state index contributed by atoms with van der Waals surface area (Å²) in [6, 6.07) is 2.01. The lowest BCUT2D eigenvalue weighted by Gasteiger charge is -2.01. The fourth-order valence-corrected chi connectivity index (χ4v) is 3.54. The molecule has 98 valence electrons. The van der Waals surface area contributed by atoms with Crippen molar-refractivity contribution in [2.45, 2.75) is 64.7 Å². The summed E-state index contributed by atoms with van der Waals surface area (Å²) in [4.78, 5) is 0. The highest BCUT2D eigenvalue weighted by Gasteiger charge is 2.04. The van der Waals surface area contributed by atoms with Gasteiger partial charge in [0.15, 0.2) is 0 Å². The Hall–Kier alpha value is 0.280. The molecular weight excluding hydrogens is 271 g/mol. The maximum atomic E-state index is 6.08. The Morgan fingerprint density at radius 1 is 0.941 bits per heavy atom. The first kappa shape index (κ1) is 15.3. The monoisotopic (exact) mass is 292 g/mol. The molecule has 0 aromatic carbocycles. The summed E-state index contributed by atoms with van der Waals surface area (Å²) in [5, 5.41) is 0. The van der Waals surface area contributed by atoms with Crippen LogP contribution in [-0.2, 0) is 6.42 Å². The summed E-state index contributed by atoms with van der Waals surface area (Å²) < 4.78 is 1.68. The zero-order valence-electron chi connectivity index (χ0n) is 10.6. The van der Waals surface area contributed by atoms with Crippen LogP contribution in [0, 0.1) is 0 Å². The molecule has 0 aliphatic carbocycles. The van der Waals surface area contributed by atoms with Crippen LogP contribution in [-0.4, -0.2) is 0 Å². The third-order valence-corrected chi connectivity index (χ3v) is 4.60. The highest BCUT2D eigenvalue weighted by Crippen LogP contribution is 2.32. The van der Waals surface area contributed by atoms with Crippen molar-refractivity contribution in [3.8, 4) is 0 Å². The molecule has 0 fully saturated rings. The molecule has 0 atom stereocenters. The summed E-state index contributed by atoms with van der Waals surface area (Å²) in [5.41, 5.74) is 1.23. The fraction of sp³-hybridized carbons (Fsp3) is 0.714. The van der Waals surface area contributed by atoms with Crippen LogP contribution < -0.4 is 0 Å². The molecule has 3 heteroatoms. The number of rotatable bonds is 9. The topological polar surface area (TPSA) is 0 Å². The standard InChI is InChI=1S/C14H22Cl2S/c1-2-3-4-5-6-7-8-9-10-12-11-13(15)17-14(12)16/h11H,2-10H2,1H3. The number of halogens is 2. The van der Waals surface area contributed by atoms with Crippen molar-refractivity contribution in [3.63, 3.8) is 0 Å². The summed E-state index contributed by atoms with van der Waals surface area (Å²) >= 11 is 13.5. The van der Waals surface area contributed by atoms with Crippen molar-refractivity contribution < 1.29 is 0 Å². The van der Waals surface area contributed by atoms with Gasteiger partial charge in [-0.3, -0.25) is 0 Å². The third-order valence-electron chi connectivity index (χ3n) is 3.03. The molecule has 0 aliphatic heterocycles. The summed E-state index contributed by atoms with van der Waals surface area (Å²) in [6.07, 6.45) is 11.9. The van der Waals surface area contributed by atoms with Crippen LogP contribution in [0.15, 0.2) is 6.07 Å². The Balaban J connectivity index is 1.99. The van der Waals surface area contributed by atoms with Gasteiger partial charge in [0.2, 0.25) is 0 Å². The van der Waals surface area contributed by atoms with Gasteiger partial charge >= 0.3 is 0 Å². The highest BCUT2D eigenvalue weighted by molar-refractivity contribution is 7.20. The lowest BCUT2D eigenvalue weighted by molar-refractivity contribution is 0.576. The van der Waals surface area contributed by atoms with Gasteiger partial charge in [-0.25, -0.2) is 0 Å². The molecule has 0 nitrogen and oxygen atoms in total. The van der Waals surface area contributed by atoms with Crippen LogP contribution >= 0.6 is 34.5 Å². The summed E-state index contributed by atoms with van der Waals surface area (Å²) in [5.74, 6) is 0. The van der Waals surface area contributed by atoms with Gasteiger partial charge in [0.05, 0.1) is 8.67 Å². The van der Waals surface area contributed by atoms with Gasteiger partial charge in [-0.2, -0.15) is 0 Å². The molecule has 0 unspecified atom stereocenters. The van der Waals surface area contributed by atoms with E-state index in [1.807, 2.05) is 6.07 Å². The van der Waals surface area contributed by atoms with E-state index < -0.39 is 0 Å². The van der Waals surface area contributed by atoms with E-state index in [2.05, 4.69) is 6.92 Å². The van der Waals surface area contributed by atoms with Gasteiger partial charge in [-0.15, -0.1) is 11.3 Å². The average molecular weight is 293 g/mol. The zero-order valence-corrected chi connectivity index (χ0v) is 12.9. The fourth-order valence-electron chi connectivity index (χ4n) is 1.99. The van der Waals surface area contributed by atoms with Crippen molar-refractivity contribution in [1.82, 2.24) is 0 Å². The molecule has 0 bridgehead atoms. The van der Waals surface area contributed by atoms with E-state index in [9.17, 15) is 0 Å². The van der Waals surface area contributed by atoms with Gasteiger partial charge in [0.25, 0.3) is 0 Å². The lowest BCUT2D eigenvalue weighted by atomic mass is 10.1. The van der Waals surface area contributed by atoms with Gasteiger partial charge in [0.1, 0.15) is 0 Å². The second-order valence-electron chi connectivity index (χ2n) is 4.57. The first-order valence-electron chi connectivity index (χ1n) is 6.67. The van der Waals surface area contributed by atoms with Crippen LogP contribution in [0.2, 0.25) is 8.67 Å². The van der Waals surface area contributed by atoms with Crippen molar-refractivity contribution in [2.75, 3.05) is 0 Å². The molecule has 0 radical (unpaired) electrons. The van der Waals surface area contributed by atoms with E-state index >= 15 is 0 Å². The lowest BCUT2D eigenvalue weighted by Crippen LogP contribution is -1.85. The van der Waals surface area contributed by atoms with Gasteiger partial charge in [0, 0.05) is 0 Å². The van der Waals surface area contributed by atoms with Gasteiger partial charge < -0.3 is 0 Å². The highest BCUT2D eigenvalue weighted by atomic mass is 35.5. The predicted octanol–water partition coefficient (Wildman–Crippen LogP) is 6.74. The SMILES string of the molecule is CCCCCCCCCCc1cc(Cl)sc1Cl. The van der Waals surface area contributed by atoms with Gasteiger partial charge in [-0.1, -0.05) is 75.1 Å². The second kappa shape index (κ2) is 9.24. The Morgan fingerprint density at radius 2 is 1.53 bits per heavy atom. The Bertz CT molecular complexity index is 307. The number of hydrogen-bond donors (Lipinski definition) is 0. The van der Waals surface area contributed by atoms with Crippen LogP contribution in [0.1, 0.15) is 63.9 Å². The minimum atomic E-state index is 0.810. The molecule has 0 spiro atoms. The number of unbranched alkanes of at least 4 members (excludes halogenated alkanes) is 7. The Labute approximate surface area is 119 Å². The first-order valence-corrected chi connectivity index (χ1v) is 8.25. The maximum Gasteiger partial charge on any atom is 0.0976 e. The molecule has 1 heterocycles. The molecule has 17 heavy (non-hydrogen) atoms. The number of hydrogen-bond acceptors (Lipinski definition) is 1. The minimum absolute atomic E-state index is 0.810. The van der Waals surface area contributed by atoms with Crippen molar-refractivity contribution in [3.05, 3.63) is 20.3 Å². The van der Waals surface area contributed by atoms with E-state index in [1.165, 1.54) is 68.3 Å². The van der Waals surface area contributed by atoms with Crippen molar-refractivity contribution in [1.29, 1.82) is 0 Å². The minimum Gasteiger partial charge on any atom is -0.111 e. The normalized spacial score (nSPS) is 11.0. The Kier molecular flexibility index (Phi) is 8.34. The second-order valence-corrected chi connectivity index (χ2v) is 6.86. The molecule has 0 saturated carbocycles. The van der Waals surface area contributed by atoms with Crippen molar-refractivity contribution >= 4 is 34.5 Å². The smallest absolute Gasteiger partial charge is 0.0976 e. The molecule has 0 aliphatic rings. The first-order chi connectivity index (χ1) is 8.24. The Morgan fingerprint density at radius 3 is 2.06 bits per heavy atom. The molecule has 0 N–H and O–H groups in total. The largest absolute Gasteiger partial charge is 0.111 e. The zero-order chi connectivity index (χ0) is 12.5. The number of aryl methyl sites for hydroxylation is 1. The molecule has 1 aromatic heterocycles. The summed E-state index contributed by atoms with van der Waals surface area (Å²) in [6.45, 7) is 2.26. The molecule has 0 amide bonds.